The Morgan fingerprint density at radius 3 is 2.50 bits per heavy atom. The summed E-state index contributed by atoms with van der Waals surface area (Å²) in [6, 6.07) is 9.34. The van der Waals surface area contributed by atoms with Crippen molar-refractivity contribution in [3.05, 3.63) is 42.5 Å². The number of carbonyl (C=O) groups excluding carboxylic acids is 1. The van der Waals surface area contributed by atoms with Crippen LogP contribution in [-0.2, 0) is 4.79 Å². The minimum atomic E-state index is -0.844. The number of hydrogen-bond donors (Lipinski definition) is 1. The Morgan fingerprint density at radius 1 is 1.44 bits per heavy atom. The maximum atomic E-state index is 11.8. The molecule has 16 heavy (non-hydrogen) atoms. The van der Waals surface area contributed by atoms with Crippen molar-refractivity contribution in [3.8, 4) is 0 Å². The summed E-state index contributed by atoms with van der Waals surface area (Å²) in [5.41, 5.74) is 0.573. The predicted molar refractivity (Wildman–Crippen MR) is 70.8 cm³/mol. The molecular formula is C12H13BrO2S. The molecule has 0 bridgehead atoms. The average molecular weight is 301 g/mol. The Balaban J connectivity index is 2.63. The normalized spacial score (nSPS) is 14.2. The van der Waals surface area contributed by atoms with Gasteiger partial charge in [0, 0.05) is 4.90 Å². The highest BCUT2D eigenvalue weighted by Gasteiger charge is 2.24. The van der Waals surface area contributed by atoms with Crippen LogP contribution in [0.15, 0.2) is 47.4 Å². The van der Waals surface area contributed by atoms with Gasteiger partial charge in [-0.15, -0.1) is 0 Å². The fourth-order valence-corrected chi connectivity index (χ4v) is 2.54. The molecule has 1 rings (SSSR count). The Hall–Kier alpha value is -0.580. The van der Waals surface area contributed by atoms with Crippen molar-refractivity contribution >= 4 is 32.8 Å². The number of rotatable bonds is 4. The van der Waals surface area contributed by atoms with Crippen LogP contribution in [0.4, 0.5) is 0 Å². The van der Waals surface area contributed by atoms with Gasteiger partial charge < -0.3 is 5.11 Å². The first-order valence-corrected chi connectivity index (χ1v) is 6.50. The summed E-state index contributed by atoms with van der Waals surface area (Å²) in [7, 11) is 0. The minimum absolute atomic E-state index is 0.123. The van der Waals surface area contributed by atoms with E-state index >= 15 is 0 Å². The largest absolute Gasteiger partial charge is 0.387 e. The molecule has 0 aliphatic carbocycles. The summed E-state index contributed by atoms with van der Waals surface area (Å²) in [5.74, 6) is 0. The lowest BCUT2D eigenvalue weighted by atomic mass is 10.1. The topological polar surface area (TPSA) is 37.3 Å². The van der Waals surface area contributed by atoms with Gasteiger partial charge >= 0.3 is 0 Å². The molecule has 0 amide bonds. The molecule has 0 saturated carbocycles. The van der Waals surface area contributed by atoms with E-state index in [1.165, 1.54) is 0 Å². The number of carbonyl (C=O) groups is 1. The van der Waals surface area contributed by atoms with Crippen LogP contribution in [0.5, 0.6) is 0 Å². The number of alkyl halides is 1. The molecule has 1 aromatic rings. The third-order valence-corrected chi connectivity index (χ3v) is 4.15. The monoisotopic (exact) mass is 300 g/mol. The van der Waals surface area contributed by atoms with E-state index in [1.54, 1.807) is 6.92 Å². The number of hydrogen-bond acceptors (Lipinski definition) is 3. The molecule has 86 valence electrons. The van der Waals surface area contributed by atoms with Gasteiger partial charge in [-0.3, -0.25) is 4.79 Å². The number of aliphatic hydroxyl groups excluding tert-OH is 1. The van der Waals surface area contributed by atoms with E-state index in [1.807, 2.05) is 30.3 Å². The lowest BCUT2D eigenvalue weighted by Crippen LogP contribution is -2.27. The van der Waals surface area contributed by atoms with Crippen molar-refractivity contribution in [1.29, 1.82) is 0 Å². The Labute approximate surface area is 108 Å². The van der Waals surface area contributed by atoms with Gasteiger partial charge in [0.05, 0.1) is 6.10 Å². The zero-order valence-electron chi connectivity index (χ0n) is 8.89. The molecule has 0 saturated heterocycles. The third-order valence-electron chi connectivity index (χ3n) is 1.97. The summed E-state index contributed by atoms with van der Waals surface area (Å²) in [5, 5.41) is 9.54. The van der Waals surface area contributed by atoms with Crippen molar-refractivity contribution in [3.63, 3.8) is 0 Å². The fraction of sp³-hybridized carbons (Fsp3) is 0.250. The standard InChI is InChI=1S/C12H13BrO2S/c1-8(2)11(14)10(13)12(15)16-9-6-4-3-5-7-9/h3-7,10-11,14H,1H2,2H3/t10-,11-/m0/s1. The molecule has 0 heterocycles. The SMILES string of the molecule is C=C(C)[C@H](O)[C@H](Br)C(=O)Sc1ccccc1. The van der Waals surface area contributed by atoms with Gasteiger partial charge in [0.1, 0.15) is 4.83 Å². The number of thioether (sulfide) groups is 1. The molecule has 0 spiro atoms. The van der Waals surface area contributed by atoms with Gasteiger partial charge in [-0.1, -0.05) is 58.0 Å². The van der Waals surface area contributed by atoms with Crippen LogP contribution in [0, 0.1) is 0 Å². The van der Waals surface area contributed by atoms with Gasteiger partial charge in [-0.2, -0.15) is 0 Å². The van der Waals surface area contributed by atoms with Crippen LogP contribution >= 0.6 is 27.7 Å². The highest BCUT2D eigenvalue weighted by molar-refractivity contribution is 9.10. The molecule has 0 aromatic heterocycles. The summed E-state index contributed by atoms with van der Waals surface area (Å²) >= 11 is 4.30. The van der Waals surface area contributed by atoms with E-state index < -0.39 is 10.9 Å². The van der Waals surface area contributed by atoms with Crippen molar-refractivity contribution < 1.29 is 9.90 Å². The van der Waals surface area contributed by atoms with Gasteiger partial charge in [0.2, 0.25) is 5.12 Å². The number of aliphatic hydroxyl groups is 1. The molecule has 0 radical (unpaired) electrons. The van der Waals surface area contributed by atoms with Gasteiger partial charge in [0.15, 0.2) is 0 Å². The zero-order valence-corrected chi connectivity index (χ0v) is 11.3. The molecule has 1 aromatic carbocycles. The second kappa shape index (κ2) is 6.23. The Bertz CT molecular complexity index is 378. The highest BCUT2D eigenvalue weighted by atomic mass is 79.9. The maximum Gasteiger partial charge on any atom is 0.210 e. The molecule has 0 unspecified atom stereocenters. The lowest BCUT2D eigenvalue weighted by Gasteiger charge is -2.15. The maximum absolute atomic E-state index is 11.8. The summed E-state index contributed by atoms with van der Waals surface area (Å²) < 4.78 is 0. The van der Waals surface area contributed by atoms with Crippen molar-refractivity contribution in [1.82, 2.24) is 0 Å². The number of halogens is 1. The fourth-order valence-electron chi connectivity index (χ4n) is 1.04. The second-order valence-electron chi connectivity index (χ2n) is 3.43. The highest BCUT2D eigenvalue weighted by Crippen LogP contribution is 2.25. The summed E-state index contributed by atoms with van der Waals surface area (Å²) in [6.07, 6.45) is -0.844. The molecule has 0 fully saturated rings. The second-order valence-corrected chi connectivity index (χ2v) is 5.49. The van der Waals surface area contributed by atoms with E-state index in [2.05, 4.69) is 22.5 Å². The van der Waals surface area contributed by atoms with Crippen LogP contribution in [-0.4, -0.2) is 21.2 Å². The first-order chi connectivity index (χ1) is 7.52. The zero-order chi connectivity index (χ0) is 12.1. The summed E-state index contributed by atoms with van der Waals surface area (Å²) in [4.78, 5) is 12.0. The molecule has 0 aliphatic heterocycles. The van der Waals surface area contributed by atoms with Gasteiger partial charge in [-0.25, -0.2) is 0 Å². The molecule has 0 aliphatic rings. The van der Waals surface area contributed by atoms with E-state index in [0.717, 1.165) is 16.7 Å². The molecule has 2 atom stereocenters. The molecule has 2 nitrogen and oxygen atoms in total. The Morgan fingerprint density at radius 2 is 2.00 bits per heavy atom. The van der Waals surface area contributed by atoms with Crippen LogP contribution < -0.4 is 0 Å². The quantitative estimate of drug-likeness (QED) is 0.528. The predicted octanol–water partition coefficient (Wildman–Crippen LogP) is 3.01. The first-order valence-electron chi connectivity index (χ1n) is 4.76. The van der Waals surface area contributed by atoms with Gasteiger partial charge in [-0.05, 0) is 19.1 Å². The summed E-state index contributed by atoms with van der Waals surface area (Å²) in [6.45, 7) is 5.32. The van der Waals surface area contributed by atoms with Crippen LogP contribution in [0.2, 0.25) is 0 Å². The van der Waals surface area contributed by atoms with E-state index in [4.69, 9.17) is 0 Å². The lowest BCUT2D eigenvalue weighted by molar-refractivity contribution is -0.111. The molecular weight excluding hydrogens is 288 g/mol. The van der Waals surface area contributed by atoms with Crippen LogP contribution in [0.25, 0.3) is 0 Å². The van der Waals surface area contributed by atoms with Crippen molar-refractivity contribution in [2.24, 2.45) is 0 Å². The average Bonchev–Trinajstić information content (AvgIpc) is 2.28. The van der Waals surface area contributed by atoms with E-state index in [-0.39, 0.29) is 5.12 Å². The molecule has 4 heteroatoms. The minimum Gasteiger partial charge on any atom is -0.387 e. The first kappa shape index (κ1) is 13.5. The van der Waals surface area contributed by atoms with Crippen LogP contribution in [0.1, 0.15) is 6.92 Å². The van der Waals surface area contributed by atoms with Crippen molar-refractivity contribution in [2.75, 3.05) is 0 Å². The smallest absolute Gasteiger partial charge is 0.210 e. The third kappa shape index (κ3) is 3.77. The van der Waals surface area contributed by atoms with E-state index in [0.29, 0.717) is 5.57 Å². The van der Waals surface area contributed by atoms with E-state index in [9.17, 15) is 9.90 Å². The van der Waals surface area contributed by atoms with Gasteiger partial charge in [0.25, 0.3) is 0 Å². The van der Waals surface area contributed by atoms with Crippen molar-refractivity contribution in [2.45, 2.75) is 22.8 Å². The van der Waals surface area contributed by atoms with Crippen LogP contribution in [0.3, 0.4) is 0 Å². The number of benzene rings is 1. The Kier molecular flexibility index (Phi) is 5.25. The molecule has 1 N–H and O–H groups in total.